The van der Waals surface area contributed by atoms with Crippen LogP contribution < -0.4 is 0 Å². The van der Waals surface area contributed by atoms with E-state index in [0.717, 1.165) is 4.47 Å². The predicted octanol–water partition coefficient (Wildman–Crippen LogP) is 2.30. The number of aromatic nitrogens is 1. The second-order valence-corrected chi connectivity index (χ2v) is 2.57. The van der Waals surface area contributed by atoms with Crippen molar-refractivity contribution in [2.24, 2.45) is 0 Å². The van der Waals surface area contributed by atoms with Gasteiger partial charge < -0.3 is 0 Å². The molecule has 1 rings (SSSR count). The van der Waals surface area contributed by atoms with Gasteiger partial charge in [0.2, 0.25) is 0 Å². The van der Waals surface area contributed by atoms with Gasteiger partial charge in [-0.3, -0.25) is 4.98 Å². The number of nitrogens with zero attached hydrogens (tertiary/aromatic N) is 1. The van der Waals surface area contributed by atoms with Crippen molar-refractivity contribution >= 4 is 27.5 Å². The van der Waals surface area contributed by atoms with Gasteiger partial charge in [-0.1, -0.05) is 11.6 Å². The van der Waals surface area contributed by atoms with Gasteiger partial charge in [0.15, 0.2) is 0 Å². The molecular formula is C5H2BrClN. The smallest absolute Gasteiger partial charge is 0.109 e. The Bertz CT molecular complexity index is 172. The fraction of sp³-hybridized carbons (Fsp3) is 0. The molecule has 1 nitrogen and oxygen atoms in total. The average Bonchev–Trinajstić information content (AvgIpc) is 1.64. The fourth-order valence-corrected chi connectivity index (χ4v) is 0.976. The summed E-state index contributed by atoms with van der Waals surface area (Å²) in [6, 6.07) is 1.73. The maximum absolute atomic E-state index is 5.50. The molecule has 0 N–H and O–H groups in total. The Labute approximate surface area is 60.8 Å². The molecule has 0 saturated heterocycles. The van der Waals surface area contributed by atoms with Crippen LogP contribution in [0.25, 0.3) is 0 Å². The zero-order chi connectivity index (χ0) is 5.98. The quantitative estimate of drug-likeness (QED) is 0.613. The molecule has 0 spiro atoms. The minimum absolute atomic E-state index is 0.527. The predicted molar refractivity (Wildman–Crippen MR) is 35.8 cm³/mol. The molecular weight excluding hydrogens is 189 g/mol. The zero-order valence-electron chi connectivity index (χ0n) is 3.86. The maximum Gasteiger partial charge on any atom is 0.109 e. The van der Waals surface area contributed by atoms with Gasteiger partial charge in [-0.05, 0) is 22.0 Å². The van der Waals surface area contributed by atoms with Crippen LogP contribution in [0.5, 0.6) is 0 Å². The lowest BCUT2D eigenvalue weighted by Gasteiger charge is -1.85. The number of pyridine rings is 1. The fourth-order valence-electron chi connectivity index (χ4n) is 0.346. The van der Waals surface area contributed by atoms with Gasteiger partial charge in [0.1, 0.15) is 6.20 Å². The van der Waals surface area contributed by atoms with Gasteiger partial charge in [-0.25, -0.2) is 0 Å². The highest BCUT2D eigenvalue weighted by molar-refractivity contribution is 9.10. The van der Waals surface area contributed by atoms with E-state index in [1.54, 1.807) is 12.3 Å². The number of hydrogen-bond donors (Lipinski definition) is 0. The second kappa shape index (κ2) is 2.46. The van der Waals surface area contributed by atoms with E-state index in [9.17, 15) is 0 Å². The standard InChI is InChI=1S/C5H2BrClN/c6-4-1-5(7)3-8-2-4/h1-2H. The summed E-state index contributed by atoms with van der Waals surface area (Å²) in [5.74, 6) is 0. The molecule has 3 heteroatoms. The third-order valence-corrected chi connectivity index (χ3v) is 1.25. The van der Waals surface area contributed by atoms with Gasteiger partial charge in [0.05, 0.1) is 5.02 Å². The van der Waals surface area contributed by atoms with E-state index in [4.69, 9.17) is 11.6 Å². The van der Waals surface area contributed by atoms with Crippen molar-refractivity contribution < 1.29 is 0 Å². The molecule has 0 aliphatic carbocycles. The summed E-state index contributed by atoms with van der Waals surface area (Å²) in [6.45, 7) is 0. The van der Waals surface area contributed by atoms with E-state index in [2.05, 4.69) is 27.1 Å². The normalized spacial score (nSPS) is 9.25. The van der Waals surface area contributed by atoms with Crippen LogP contribution in [0, 0.1) is 6.20 Å². The van der Waals surface area contributed by atoms with Crippen molar-refractivity contribution in [2.75, 3.05) is 0 Å². The molecule has 41 valence electrons. The lowest BCUT2D eigenvalue weighted by molar-refractivity contribution is 1.29. The van der Waals surface area contributed by atoms with Crippen LogP contribution in [0.2, 0.25) is 5.02 Å². The van der Waals surface area contributed by atoms with Crippen LogP contribution in [0.1, 0.15) is 0 Å². The molecule has 0 aliphatic rings. The van der Waals surface area contributed by atoms with E-state index >= 15 is 0 Å². The Balaban J connectivity index is 3.08. The molecule has 0 fully saturated rings. The van der Waals surface area contributed by atoms with Crippen molar-refractivity contribution in [3.8, 4) is 0 Å². The van der Waals surface area contributed by atoms with Crippen LogP contribution in [-0.4, -0.2) is 4.98 Å². The molecule has 0 aromatic carbocycles. The van der Waals surface area contributed by atoms with Crippen LogP contribution in [0.3, 0.4) is 0 Å². The third kappa shape index (κ3) is 1.46. The van der Waals surface area contributed by atoms with Gasteiger partial charge in [-0.15, -0.1) is 0 Å². The first-order valence-electron chi connectivity index (χ1n) is 1.98. The highest BCUT2D eigenvalue weighted by Crippen LogP contribution is 2.12. The van der Waals surface area contributed by atoms with Gasteiger partial charge >= 0.3 is 0 Å². The van der Waals surface area contributed by atoms with E-state index in [0.29, 0.717) is 5.02 Å². The van der Waals surface area contributed by atoms with Crippen molar-refractivity contribution in [2.45, 2.75) is 0 Å². The highest BCUT2D eigenvalue weighted by Gasteiger charge is 1.86. The summed E-state index contributed by atoms with van der Waals surface area (Å²) in [6.07, 6.45) is 4.19. The molecule has 0 amide bonds. The van der Waals surface area contributed by atoms with Crippen molar-refractivity contribution in [3.63, 3.8) is 0 Å². The van der Waals surface area contributed by atoms with Gasteiger partial charge in [0.25, 0.3) is 0 Å². The molecule has 0 bridgehead atoms. The number of rotatable bonds is 0. The molecule has 0 unspecified atom stereocenters. The zero-order valence-corrected chi connectivity index (χ0v) is 6.20. The summed E-state index contributed by atoms with van der Waals surface area (Å²) in [4.78, 5) is 3.68. The first kappa shape index (κ1) is 6.05. The van der Waals surface area contributed by atoms with E-state index in [1.807, 2.05) is 0 Å². The summed E-state index contributed by atoms with van der Waals surface area (Å²) in [7, 11) is 0. The molecule has 0 aliphatic heterocycles. The SMILES string of the molecule is Clc1[c]ncc(Br)c1. The molecule has 0 saturated carbocycles. The van der Waals surface area contributed by atoms with Crippen LogP contribution in [-0.2, 0) is 0 Å². The van der Waals surface area contributed by atoms with E-state index < -0.39 is 0 Å². The Morgan fingerprint density at radius 1 is 1.75 bits per heavy atom. The summed E-state index contributed by atoms with van der Waals surface area (Å²) in [5, 5.41) is 0.527. The largest absolute Gasteiger partial charge is 0.252 e. The highest BCUT2D eigenvalue weighted by atomic mass is 79.9. The third-order valence-electron chi connectivity index (χ3n) is 0.624. The Morgan fingerprint density at radius 2 is 2.50 bits per heavy atom. The Morgan fingerprint density at radius 3 is 2.88 bits per heavy atom. The number of hydrogen-bond acceptors (Lipinski definition) is 1. The van der Waals surface area contributed by atoms with Crippen LogP contribution in [0.15, 0.2) is 16.7 Å². The monoisotopic (exact) mass is 190 g/mol. The molecule has 1 aromatic rings. The molecule has 0 atom stereocenters. The first-order valence-corrected chi connectivity index (χ1v) is 3.15. The van der Waals surface area contributed by atoms with E-state index in [-0.39, 0.29) is 0 Å². The number of halogens is 2. The Kier molecular flexibility index (Phi) is 1.86. The summed E-state index contributed by atoms with van der Waals surface area (Å²) in [5.41, 5.74) is 0. The summed E-state index contributed by atoms with van der Waals surface area (Å²) >= 11 is 8.69. The van der Waals surface area contributed by atoms with Crippen LogP contribution >= 0.6 is 27.5 Å². The van der Waals surface area contributed by atoms with Crippen molar-refractivity contribution in [1.82, 2.24) is 4.98 Å². The van der Waals surface area contributed by atoms with Gasteiger partial charge in [-0.2, -0.15) is 0 Å². The van der Waals surface area contributed by atoms with Crippen LogP contribution in [0.4, 0.5) is 0 Å². The second-order valence-electron chi connectivity index (χ2n) is 1.25. The average molecular weight is 191 g/mol. The van der Waals surface area contributed by atoms with Crippen molar-refractivity contribution in [3.05, 3.63) is 28.0 Å². The lowest BCUT2D eigenvalue weighted by Crippen LogP contribution is -1.69. The van der Waals surface area contributed by atoms with Crippen molar-refractivity contribution in [1.29, 1.82) is 0 Å². The minimum atomic E-state index is 0.527. The van der Waals surface area contributed by atoms with E-state index in [1.165, 1.54) is 0 Å². The summed E-state index contributed by atoms with van der Waals surface area (Å²) < 4.78 is 0.876. The Hall–Kier alpha value is -0.0800. The molecule has 1 heterocycles. The topological polar surface area (TPSA) is 12.9 Å². The first-order chi connectivity index (χ1) is 3.79. The van der Waals surface area contributed by atoms with Gasteiger partial charge in [0, 0.05) is 10.7 Å². The maximum atomic E-state index is 5.50. The lowest BCUT2D eigenvalue weighted by atomic mass is 10.5. The minimum Gasteiger partial charge on any atom is -0.252 e. The molecule has 1 aromatic heterocycles. The molecule has 8 heavy (non-hydrogen) atoms. The molecule has 1 radical (unpaired) electrons.